The minimum atomic E-state index is -7.84. The molecule has 0 aromatic rings. The first-order valence-corrected chi connectivity index (χ1v) is 9.30. The Balaban J connectivity index is 3.28. The number of rotatable bonds is 6. The summed E-state index contributed by atoms with van der Waals surface area (Å²) in [7, 11) is 0. The summed E-state index contributed by atoms with van der Waals surface area (Å²) >= 11 is 2.73. The van der Waals surface area contributed by atoms with Crippen molar-refractivity contribution in [3.05, 3.63) is 0 Å². The Labute approximate surface area is 154 Å². The van der Waals surface area contributed by atoms with Crippen molar-refractivity contribution in [1.82, 2.24) is 0 Å². The Hall–Kier alpha value is -0.101. The van der Waals surface area contributed by atoms with Crippen molar-refractivity contribution in [3.8, 4) is 0 Å². The Morgan fingerprint density at radius 3 is 1.41 bits per heavy atom. The summed E-state index contributed by atoms with van der Waals surface area (Å²) in [5, 5.41) is -1.17. The van der Waals surface area contributed by atoms with Gasteiger partial charge in [-0.25, -0.2) is 0 Å². The predicted octanol–water partition coefficient (Wildman–Crippen LogP) is 6.36. The van der Waals surface area contributed by atoms with Gasteiger partial charge in [0.05, 0.1) is 0 Å². The predicted molar refractivity (Wildman–Crippen MR) is 68.4 cm³/mol. The molecule has 0 aromatic carbocycles. The Morgan fingerprint density at radius 1 is 0.593 bits per heavy atom. The van der Waals surface area contributed by atoms with E-state index in [0.29, 0.717) is 6.42 Å². The summed E-state index contributed by atoms with van der Waals surface area (Å²) in [6, 6.07) is 0. The van der Waals surface area contributed by atoms with Crippen molar-refractivity contribution in [2.24, 2.45) is 0 Å². The summed E-state index contributed by atoms with van der Waals surface area (Å²) in [6.07, 6.45) is -7.00. The molecule has 1 saturated carbocycles. The van der Waals surface area contributed by atoms with Gasteiger partial charge in [-0.1, -0.05) is 0 Å². The molecule has 0 radical (unpaired) electrons. The summed E-state index contributed by atoms with van der Waals surface area (Å²) in [6.45, 7) is 0. The van der Waals surface area contributed by atoms with E-state index in [1.54, 1.807) is 0 Å². The molecule has 0 nitrogen and oxygen atoms in total. The second-order valence-corrected chi connectivity index (χ2v) is 9.17. The Kier molecular flexibility index (Phi) is 6.74. The standard InChI is InChI=1S/C12H10ClF13Se/c13-5-3-1-2-4-6(5)27-12(25,26)10(20,21)8(16,17)7(14,15)9(18,19)11(22,23)24/h5-6H,1-4H2/t5-,6-/m1/s1. The molecule has 0 heterocycles. The van der Waals surface area contributed by atoms with Crippen LogP contribution in [0.5, 0.6) is 0 Å². The van der Waals surface area contributed by atoms with E-state index >= 15 is 0 Å². The van der Waals surface area contributed by atoms with Crippen LogP contribution in [-0.4, -0.2) is 55.0 Å². The topological polar surface area (TPSA) is 0 Å². The maximum absolute atomic E-state index is 13.7. The van der Waals surface area contributed by atoms with Crippen LogP contribution in [0, 0.1) is 0 Å². The molecule has 15 heteroatoms. The molecule has 162 valence electrons. The molecule has 1 fully saturated rings. The van der Waals surface area contributed by atoms with Crippen LogP contribution in [0.15, 0.2) is 0 Å². The fraction of sp³-hybridized carbons (Fsp3) is 1.00. The number of halogens is 14. The third kappa shape index (κ3) is 3.99. The Bertz CT molecular complexity index is 530. The first-order chi connectivity index (χ1) is 11.7. The number of hydrogen-bond acceptors (Lipinski definition) is 0. The second kappa shape index (κ2) is 7.30. The second-order valence-electron chi connectivity index (χ2n) is 5.77. The maximum atomic E-state index is 13.7. The van der Waals surface area contributed by atoms with Gasteiger partial charge < -0.3 is 0 Å². The fourth-order valence-electron chi connectivity index (χ4n) is 2.20. The molecule has 1 aliphatic carbocycles. The third-order valence-electron chi connectivity index (χ3n) is 3.83. The van der Waals surface area contributed by atoms with Crippen molar-refractivity contribution in [2.45, 2.75) is 70.6 Å². The normalized spacial score (nSPS) is 24.2. The number of alkyl halides is 14. The molecule has 0 unspecified atom stereocenters. The van der Waals surface area contributed by atoms with Crippen molar-refractivity contribution >= 4 is 26.6 Å². The molecular weight excluding hydrogens is 506 g/mol. The van der Waals surface area contributed by atoms with E-state index in [1.807, 2.05) is 0 Å². The van der Waals surface area contributed by atoms with Crippen molar-refractivity contribution in [2.75, 3.05) is 0 Å². The molecule has 0 amide bonds. The van der Waals surface area contributed by atoms with E-state index in [0.717, 1.165) is 0 Å². The zero-order valence-corrected chi connectivity index (χ0v) is 15.2. The molecule has 0 aliphatic heterocycles. The molecule has 0 spiro atoms. The SMILES string of the molecule is FC(F)(F)C(F)(F)C(F)(F)C(F)(F)C(F)(F)C(F)(F)[Se][C@@H]1CCCC[C@H]1Cl. The van der Waals surface area contributed by atoms with Gasteiger partial charge in [0.2, 0.25) is 0 Å². The van der Waals surface area contributed by atoms with E-state index in [-0.39, 0.29) is 19.3 Å². The van der Waals surface area contributed by atoms with Crippen molar-refractivity contribution in [1.29, 1.82) is 0 Å². The van der Waals surface area contributed by atoms with E-state index in [4.69, 9.17) is 11.6 Å². The van der Waals surface area contributed by atoms with E-state index in [2.05, 4.69) is 0 Å². The molecule has 0 bridgehead atoms. The molecule has 2 atom stereocenters. The minimum absolute atomic E-state index is 0.0360. The van der Waals surface area contributed by atoms with Gasteiger partial charge in [-0.3, -0.25) is 0 Å². The van der Waals surface area contributed by atoms with E-state index in [1.165, 1.54) is 0 Å². The van der Waals surface area contributed by atoms with Crippen LogP contribution in [0.2, 0.25) is 4.82 Å². The molecule has 27 heavy (non-hydrogen) atoms. The van der Waals surface area contributed by atoms with Gasteiger partial charge in [0.1, 0.15) is 0 Å². The molecule has 0 aromatic heterocycles. The number of hydrogen-bond donors (Lipinski definition) is 0. The van der Waals surface area contributed by atoms with Gasteiger partial charge >= 0.3 is 154 Å². The van der Waals surface area contributed by atoms with Gasteiger partial charge in [-0.2, -0.15) is 0 Å². The van der Waals surface area contributed by atoms with Crippen molar-refractivity contribution < 1.29 is 57.1 Å². The Morgan fingerprint density at radius 2 is 1.00 bits per heavy atom. The summed E-state index contributed by atoms with van der Waals surface area (Å²) in [5.41, 5.74) is 0. The quantitative estimate of drug-likeness (QED) is 0.220. The summed E-state index contributed by atoms with van der Waals surface area (Å²) in [4.78, 5) is -7.45. The van der Waals surface area contributed by atoms with Crippen LogP contribution in [0.4, 0.5) is 57.1 Å². The molecule has 0 N–H and O–H groups in total. The first kappa shape index (κ1) is 24.9. The van der Waals surface area contributed by atoms with Gasteiger partial charge in [0.25, 0.3) is 0 Å². The zero-order valence-electron chi connectivity index (χ0n) is 12.7. The van der Waals surface area contributed by atoms with Crippen LogP contribution >= 0.6 is 11.6 Å². The van der Waals surface area contributed by atoms with Gasteiger partial charge in [-0.15, -0.1) is 0 Å². The average molecular weight is 516 g/mol. The first-order valence-electron chi connectivity index (χ1n) is 7.01. The molecule has 0 saturated heterocycles. The van der Waals surface area contributed by atoms with E-state index in [9.17, 15) is 57.1 Å². The monoisotopic (exact) mass is 516 g/mol. The van der Waals surface area contributed by atoms with Gasteiger partial charge in [0, 0.05) is 0 Å². The van der Waals surface area contributed by atoms with Crippen molar-refractivity contribution in [3.63, 3.8) is 0 Å². The van der Waals surface area contributed by atoms with Crippen LogP contribution in [0.1, 0.15) is 25.7 Å². The zero-order chi connectivity index (χ0) is 21.7. The average Bonchev–Trinajstić information content (AvgIpc) is 2.47. The van der Waals surface area contributed by atoms with Crippen LogP contribution in [0.25, 0.3) is 0 Å². The molecule has 1 rings (SSSR count). The van der Waals surface area contributed by atoms with Crippen LogP contribution < -0.4 is 0 Å². The molecule has 1 aliphatic rings. The molecular formula is C12H10ClF13Se. The van der Waals surface area contributed by atoms with Crippen LogP contribution in [-0.2, 0) is 0 Å². The summed E-state index contributed by atoms with van der Waals surface area (Å²) < 4.78 is 169. The van der Waals surface area contributed by atoms with E-state index < -0.39 is 59.8 Å². The third-order valence-corrected chi connectivity index (χ3v) is 7.67. The summed E-state index contributed by atoms with van der Waals surface area (Å²) in [5.74, 6) is -30.4. The van der Waals surface area contributed by atoms with Gasteiger partial charge in [-0.05, 0) is 0 Å². The van der Waals surface area contributed by atoms with Gasteiger partial charge in [0.15, 0.2) is 0 Å². The fourth-order valence-corrected chi connectivity index (χ4v) is 5.32. The van der Waals surface area contributed by atoms with Crippen LogP contribution in [0.3, 0.4) is 0 Å².